The van der Waals surface area contributed by atoms with Crippen molar-refractivity contribution in [3.05, 3.63) is 41.5 Å². The van der Waals surface area contributed by atoms with E-state index in [1.807, 2.05) is 12.3 Å². The van der Waals surface area contributed by atoms with Gasteiger partial charge >= 0.3 is 0 Å². The van der Waals surface area contributed by atoms with Crippen molar-refractivity contribution in [2.75, 3.05) is 11.1 Å². The van der Waals surface area contributed by atoms with E-state index in [9.17, 15) is 0 Å². The van der Waals surface area contributed by atoms with Crippen LogP contribution in [-0.4, -0.2) is 15.0 Å². The van der Waals surface area contributed by atoms with Crippen LogP contribution in [0.25, 0.3) is 0 Å². The van der Waals surface area contributed by atoms with Crippen molar-refractivity contribution in [3.63, 3.8) is 0 Å². The third-order valence-electron chi connectivity index (χ3n) is 3.31. The van der Waals surface area contributed by atoms with Gasteiger partial charge < -0.3 is 11.1 Å². The second kappa shape index (κ2) is 4.84. The van der Waals surface area contributed by atoms with Crippen LogP contribution in [0.15, 0.2) is 24.5 Å². The van der Waals surface area contributed by atoms with E-state index in [0.29, 0.717) is 18.3 Å². The van der Waals surface area contributed by atoms with Gasteiger partial charge in [-0.3, -0.25) is 4.98 Å². The fourth-order valence-electron chi connectivity index (χ4n) is 1.97. The van der Waals surface area contributed by atoms with Crippen LogP contribution in [0, 0.1) is 6.92 Å². The molecule has 0 bridgehead atoms. The number of nitrogens with two attached hydrogens (primary N) is 1. The van der Waals surface area contributed by atoms with E-state index < -0.39 is 0 Å². The summed E-state index contributed by atoms with van der Waals surface area (Å²) in [5.74, 6) is 2.69. The Labute approximate surface area is 112 Å². The third kappa shape index (κ3) is 2.81. The number of rotatable bonds is 4. The molecule has 2 heterocycles. The molecular weight excluding hydrogens is 238 g/mol. The van der Waals surface area contributed by atoms with Crippen molar-refractivity contribution < 1.29 is 0 Å². The minimum absolute atomic E-state index is 0.504. The van der Waals surface area contributed by atoms with Crippen LogP contribution in [0.2, 0.25) is 0 Å². The number of hydrogen-bond acceptors (Lipinski definition) is 5. The van der Waals surface area contributed by atoms with E-state index in [1.54, 1.807) is 12.3 Å². The molecule has 5 nitrogen and oxygen atoms in total. The van der Waals surface area contributed by atoms with Gasteiger partial charge in [0, 0.05) is 30.9 Å². The minimum atomic E-state index is 0.504. The van der Waals surface area contributed by atoms with Gasteiger partial charge in [-0.05, 0) is 37.0 Å². The predicted octanol–water partition coefficient (Wildman–Crippen LogP) is 2.25. The molecule has 3 N–H and O–H groups in total. The van der Waals surface area contributed by atoms with Crippen molar-refractivity contribution in [1.29, 1.82) is 0 Å². The zero-order chi connectivity index (χ0) is 13.2. The quantitative estimate of drug-likeness (QED) is 0.876. The molecule has 0 aliphatic heterocycles. The second-order valence-electron chi connectivity index (χ2n) is 4.97. The molecule has 1 saturated carbocycles. The molecule has 2 aromatic heterocycles. The van der Waals surface area contributed by atoms with Gasteiger partial charge in [0.15, 0.2) is 0 Å². The third-order valence-corrected chi connectivity index (χ3v) is 3.31. The fraction of sp³-hybridized carbons (Fsp3) is 0.357. The normalized spacial score (nSPS) is 14.4. The van der Waals surface area contributed by atoms with E-state index in [2.05, 4.69) is 27.2 Å². The summed E-state index contributed by atoms with van der Waals surface area (Å²) in [6.45, 7) is 2.77. The van der Waals surface area contributed by atoms with Gasteiger partial charge in [0.05, 0.1) is 0 Å². The van der Waals surface area contributed by atoms with Gasteiger partial charge in [-0.15, -0.1) is 0 Å². The van der Waals surface area contributed by atoms with Gasteiger partial charge in [-0.1, -0.05) is 0 Å². The Bertz CT molecular complexity index is 592. The Hall–Kier alpha value is -2.17. The van der Waals surface area contributed by atoms with Crippen molar-refractivity contribution in [2.24, 2.45) is 0 Å². The van der Waals surface area contributed by atoms with E-state index in [1.165, 1.54) is 18.4 Å². The summed E-state index contributed by atoms with van der Waals surface area (Å²) in [5, 5.41) is 3.29. The highest BCUT2D eigenvalue weighted by molar-refractivity contribution is 5.46. The SMILES string of the molecule is Cc1ccncc1CNc1cc(N)nc(C2CC2)n1. The molecule has 19 heavy (non-hydrogen) atoms. The Morgan fingerprint density at radius 2 is 2.21 bits per heavy atom. The summed E-state index contributed by atoms with van der Waals surface area (Å²) < 4.78 is 0. The molecule has 0 atom stereocenters. The number of pyridine rings is 1. The summed E-state index contributed by atoms with van der Waals surface area (Å²) in [6.07, 6.45) is 6.01. The molecule has 5 heteroatoms. The van der Waals surface area contributed by atoms with Crippen molar-refractivity contribution >= 4 is 11.6 Å². The second-order valence-corrected chi connectivity index (χ2v) is 4.97. The molecule has 0 spiro atoms. The van der Waals surface area contributed by atoms with Gasteiger partial charge in [-0.2, -0.15) is 0 Å². The first-order valence-electron chi connectivity index (χ1n) is 6.50. The molecule has 1 aliphatic carbocycles. The Kier molecular flexibility index (Phi) is 3.03. The number of aryl methyl sites for hydroxylation is 1. The summed E-state index contributed by atoms with van der Waals surface area (Å²) >= 11 is 0. The molecule has 0 radical (unpaired) electrons. The molecule has 3 rings (SSSR count). The lowest BCUT2D eigenvalue weighted by atomic mass is 10.1. The summed E-state index contributed by atoms with van der Waals surface area (Å²) in [7, 11) is 0. The number of nitrogen functional groups attached to an aromatic ring is 1. The van der Waals surface area contributed by atoms with E-state index >= 15 is 0 Å². The first-order chi connectivity index (χ1) is 9.22. The number of hydrogen-bond donors (Lipinski definition) is 2. The first kappa shape index (κ1) is 11.9. The zero-order valence-corrected chi connectivity index (χ0v) is 10.9. The van der Waals surface area contributed by atoms with Crippen LogP contribution < -0.4 is 11.1 Å². The monoisotopic (exact) mass is 255 g/mol. The van der Waals surface area contributed by atoms with Crippen LogP contribution in [0.1, 0.15) is 35.7 Å². The lowest BCUT2D eigenvalue weighted by molar-refractivity contribution is 0.924. The van der Waals surface area contributed by atoms with Crippen molar-refractivity contribution in [3.8, 4) is 0 Å². The van der Waals surface area contributed by atoms with Crippen LogP contribution in [0.3, 0.4) is 0 Å². The highest BCUT2D eigenvalue weighted by Crippen LogP contribution is 2.38. The molecule has 1 fully saturated rings. The zero-order valence-electron chi connectivity index (χ0n) is 10.9. The van der Waals surface area contributed by atoms with E-state index in [0.717, 1.165) is 17.2 Å². The lowest BCUT2D eigenvalue weighted by Crippen LogP contribution is -2.07. The van der Waals surface area contributed by atoms with Gasteiger partial charge in [0.25, 0.3) is 0 Å². The Morgan fingerprint density at radius 3 is 2.95 bits per heavy atom. The van der Waals surface area contributed by atoms with Crippen LogP contribution in [-0.2, 0) is 6.54 Å². The molecule has 98 valence electrons. The van der Waals surface area contributed by atoms with Crippen LogP contribution in [0.4, 0.5) is 11.6 Å². The maximum atomic E-state index is 5.82. The highest BCUT2D eigenvalue weighted by atomic mass is 15.1. The molecule has 2 aromatic rings. The summed E-state index contributed by atoms with van der Waals surface area (Å²) in [4.78, 5) is 12.9. The largest absolute Gasteiger partial charge is 0.384 e. The van der Waals surface area contributed by atoms with Gasteiger partial charge in [-0.25, -0.2) is 9.97 Å². The maximum absolute atomic E-state index is 5.82. The fourth-order valence-corrected chi connectivity index (χ4v) is 1.97. The highest BCUT2D eigenvalue weighted by Gasteiger charge is 2.27. The van der Waals surface area contributed by atoms with Crippen molar-refractivity contribution in [1.82, 2.24) is 15.0 Å². The minimum Gasteiger partial charge on any atom is -0.384 e. The van der Waals surface area contributed by atoms with Gasteiger partial charge in [0.2, 0.25) is 0 Å². The standard InChI is InChI=1S/C14H17N5/c1-9-4-5-16-7-11(9)8-17-13-6-12(15)18-14(19-13)10-2-3-10/h4-7,10H,2-3,8H2,1H3,(H3,15,17,18,19). The number of aromatic nitrogens is 3. The number of nitrogens with one attached hydrogen (secondary N) is 1. The van der Waals surface area contributed by atoms with Gasteiger partial charge in [0.1, 0.15) is 17.5 Å². The average molecular weight is 255 g/mol. The lowest BCUT2D eigenvalue weighted by Gasteiger charge is -2.09. The van der Waals surface area contributed by atoms with E-state index in [-0.39, 0.29) is 0 Å². The summed E-state index contributed by atoms with van der Waals surface area (Å²) in [6, 6.07) is 3.78. The molecule has 0 aromatic carbocycles. The number of nitrogens with zero attached hydrogens (tertiary/aromatic N) is 3. The van der Waals surface area contributed by atoms with Crippen molar-refractivity contribution in [2.45, 2.75) is 32.2 Å². The van der Waals surface area contributed by atoms with Crippen LogP contribution >= 0.6 is 0 Å². The molecule has 0 amide bonds. The number of anilines is 2. The molecule has 0 unspecified atom stereocenters. The molecule has 1 aliphatic rings. The summed E-state index contributed by atoms with van der Waals surface area (Å²) in [5.41, 5.74) is 8.20. The Balaban J connectivity index is 1.74. The van der Waals surface area contributed by atoms with Crippen LogP contribution in [0.5, 0.6) is 0 Å². The van der Waals surface area contributed by atoms with E-state index in [4.69, 9.17) is 5.73 Å². The molecular formula is C14H17N5. The Morgan fingerprint density at radius 1 is 1.37 bits per heavy atom. The predicted molar refractivity (Wildman–Crippen MR) is 74.7 cm³/mol. The topological polar surface area (TPSA) is 76.7 Å². The molecule has 0 saturated heterocycles. The first-order valence-corrected chi connectivity index (χ1v) is 6.50. The average Bonchev–Trinajstić information content (AvgIpc) is 3.21. The maximum Gasteiger partial charge on any atom is 0.136 e. The smallest absolute Gasteiger partial charge is 0.136 e.